The molecule has 0 saturated carbocycles. The molecule has 2 atom stereocenters. The van der Waals surface area contributed by atoms with Gasteiger partial charge in [-0.2, -0.15) is 0 Å². The van der Waals surface area contributed by atoms with Crippen molar-refractivity contribution < 1.29 is 9.84 Å². The third kappa shape index (κ3) is 4.34. The highest BCUT2D eigenvalue weighted by atomic mass is 16.5. The topological polar surface area (TPSA) is 41.8 Å². The molecule has 2 aromatic carbocycles. The van der Waals surface area contributed by atoms with E-state index >= 15 is 0 Å². The molecule has 1 N–H and O–H groups in total. The molecule has 3 heteroatoms. The summed E-state index contributed by atoms with van der Waals surface area (Å²) in [5.74, 6) is 1.25. The SMILES string of the molecule is COc1cccc2c1C(CC(O)(CC1=c3ccccc3=NCC=C1)C(C)(C)C)CCC2. The van der Waals surface area contributed by atoms with Crippen molar-refractivity contribution in [3.8, 4) is 5.75 Å². The molecule has 0 saturated heterocycles. The minimum absolute atomic E-state index is 0.272. The zero-order chi connectivity index (χ0) is 22.1. The quantitative estimate of drug-likeness (QED) is 0.765. The van der Waals surface area contributed by atoms with E-state index in [-0.39, 0.29) is 5.41 Å². The Kier molecular flexibility index (Phi) is 6.07. The van der Waals surface area contributed by atoms with Gasteiger partial charge in [0.2, 0.25) is 0 Å². The van der Waals surface area contributed by atoms with Gasteiger partial charge in [-0.15, -0.1) is 0 Å². The highest BCUT2D eigenvalue weighted by Gasteiger charge is 2.43. The molecule has 2 unspecified atom stereocenters. The Morgan fingerprint density at radius 2 is 1.90 bits per heavy atom. The average Bonchev–Trinajstić information content (AvgIpc) is 2.95. The molecule has 1 aliphatic carbocycles. The lowest BCUT2D eigenvalue weighted by molar-refractivity contribution is -0.0661. The number of benzene rings is 2. The van der Waals surface area contributed by atoms with Crippen LogP contribution in [-0.2, 0) is 6.42 Å². The van der Waals surface area contributed by atoms with Gasteiger partial charge in [0.15, 0.2) is 0 Å². The molecule has 2 aromatic rings. The fourth-order valence-corrected chi connectivity index (χ4v) is 5.18. The van der Waals surface area contributed by atoms with E-state index in [0.717, 1.165) is 42.0 Å². The molecule has 4 rings (SSSR count). The van der Waals surface area contributed by atoms with Crippen molar-refractivity contribution in [3.05, 3.63) is 76.3 Å². The summed E-state index contributed by atoms with van der Waals surface area (Å²) in [6.45, 7) is 7.17. The van der Waals surface area contributed by atoms with Gasteiger partial charge < -0.3 is 9.84 Å². The minimum atomic E-state index is -0.857. The predicted octanol–water partition coefficient (Wildman–Crippen LogP) is 4.71. The highest BCUT2D eigenvalue weighted by molar-refractivity contribution is 5.58. The number of aliphatic hydroxyl groups is 1. The normalized spacial score (nSPS) is 20.2. The van der Waals surface area contributed by atoms with Gasteiger partial charge in [-0.3, -0.25) is 4.99 Å². The Morgan fingerprint density at radius 1 is 1.10 bits per heavy atom. The predicted molar refractivity (Wildman–Crippen MR) is 127 cm³/mol. The molecule has 0 fully saturated rings. The monoisotopic (exact) mass is 417 g/mol. The molecule has 0 bridgehead atoms. The lowest BCUT2D eigenvalue weighted by Crippen LogP contribution is -2.45. The van der Waals surface area contributed by atoms with Crippen LogP contribution in [0.1, 0.15) is 63.5 Å². The van der Waals surface area contributed by atoms with Crippen LogP contribution in [0.25, 0.3) is 5.57 Å². The zero-order valence-corrected chi connectivity index (χ0v) is 19.3. The summed E-state index contributed by atoms with van der Waals surface area (Å²) in [6, 6.07) is 14.7. The van der Waals surface area contributed by atoms with Crippen molar-refractivity contribution in [1.82, 2.24) is 0 Å². The maximum atomic E-state index is 12.2. The third-order valence-corrected chi connectivity index (χ3v) is 7.18. The van der Waals surface area contributed by atoms with Crippen molar-refractivity contribution in [2.45, 2.75) is 64.4 Å². The average molecular weight is 418 g/mol. The first kappa shape index (κ1) is 21.8. The number of methoxy groups -OCH3 is 1. The molecule has 2 aliphatic rings. The van der Waals surface area contributed by atoms with Crippen molar-refractivity contribution in [1.29, 1.82) is 0 Å². The van der Waals surface area contributed by atoms with Crippen LogP contribution in [0.15, 0.2) is 59.6 Å². The molecule has 1 heterocycles. The molecule has 0 spiro atoms. The number of nitrogens with zero attached hydrogens (tertiary/aromatic N) is 1. The van der Waals surface area contributed by atoms with Crippen LogP contribution >= 0.6 is 0 Å². The fourth-order valence-electron chi connectivity index (χ4n) is 5.18. The third-order valence-electron chi connectivity index (χ3n) is 7.18. The van der Waals surface area contributed by atoms with Gasteiger partial charge in [0.25, 0.3) is 0 Å². The van der Waals surface area contributed by atoms with Crippen LogP contribution in [0.5, 0.6) is 5.75 Å². The Bertz CT molecular complexity index is 1080. The number of hydrogen-bond donors (Lipinski definition) is 1. The lowest BCUT2D eigenvalue weighted by Gasteiger charge is -2.44. The van der Waals surface area contributed by atoms with E-state index in [9.17, 15) is 5.11 Å². The van der Waals surface area contributed by atoms with E-state index < -0.39 is 5.60 Å². The number of aryl methyl sites for hydroxylation is 1. The van der Waals surface area contributed by atoms with E-state index in [4.69, 9.17) is 9.73 Å². The van der Waals surface area contributed by atoms with E-state index in [0.29, 0.717) is 18.9 Å². The molecule has 1 aliphatic heterocycles. The standard InChI is InChI=1S/C28H35NO2/c1-27(2,3)28(30,18-21-13-9-17-29-24-15-6-5-14-23(21)24)19-22-12-7-10-20-11-8-16-25(31-4)26(20)22/h5-6,8-9,11,13-16,22,30H,7,10,12,17-19H2,1-4H3. The first-order valence-corrected chi connectivity index (χ1v) is 11.5. The van der Waals surface area contributed by atoms with Crippen molar-refractivity contribution >= 4 is 5.57 Å². The second kappa shape index (κ2) is 8.63. The Hall–Kier alpha value is -2.39. The summed E-state index contributed by atoms with van der Waals surface area (Å²) in [7, 11) is 1.75. The van der Waals surface area contributed by atoms with E-state index in [1.807, 2.05) is 6.07 Å². The van der Waals surface area contributed by atoms with Gasteiger partial charge in [-0.05, 0) is 60.3 Å². The lowest BCUT2D eigenvalue weighted by atomic mass is 9.65. The Labute approximate surface area is 186 Å². The second-order valence-electron chi connectivity index (χ2n) is 10.1. The molecule has 0 radical (unpaired) electrons. The largest absolute Gasteiger partial charge is 0.496 e. The molecule has 0 aromatic heterocycles. The molecule has 3 nitrogen and oxygen atoms in total. The van der Waals surface area contributed by atoms with Gasteiger partial charge in [0.1, 0.15) is 5.75 Å². The number of allylic oxidation sites excluding steroid dienone is 1. The van der Waals surface area contributed by atoms with Gasteiger partial charge in [0.05, 0.1) is 24.6 Å². The number of ether oxygens (including phenoxy) is 1. The molecule has 0 amide bonds. The molecule has 164 valence electrons. The molecular weight excluding hydrogens is 382 g/mol. The smallest absolute Gasteiger partial charge is 0.122 e. The Morgan fingerprint density at radius 3 is 2.68 bits per heavy atom. The number of rotatable bonds is 5. The van der Waals surface area contributed by atoms with Gasteiger partial charge in [-0.25, -0.2) is 0 Å². The van der Waals surface area contributed by atoms with E-state index in [1.54, 1.807) is 7.11 Å². The van der Waals surface area contributed by atoms with Crippen LogP contribution in [-0.4, -0.2) is 24.4 Å². The van der Waals surface area contributed by atoms with E-state index in [1.165, 1.54) is 16.7 Å². The number of fused-ring (bicyclic) bond motifs is 2. The maximum Gasteiger partial charge on any atom is 0.122 e. The van der Waals surface area contributed by atoms with Crippen molar-refractivity contribution in [2.75, 3.05) is 13.7 Å². The summed E-state index contributed by atoms with van der Waals surface area (Å²) in [6.07, 6.45) is 8.94. The fraction of sp³-hybridized carbons (Fsp3) is 0.464. The number of hydrogen-bond acceptors (Lipinski definition) is 3. The van der Waals surface area contributed by atoms with Gasteiger partial charge in [0, 0.05) is 17.2 Å². The summed E-state index contributed by atoms with van der Waals surface area (Å²) in [4.78, 5) is 4.69. The van der Waals surface area contributed by atoms with Crippen LogP contribution in [0.3, 0.4) is 0 Å². The summed E-state index contributed by atoms with van der Waals surface area (Å²) < 4.78 is 5.75. The summed E-state index contributed by atoms with van der Waals surface area (Å²) in [5.41, 5.74) is 2.72. The minimum Gasteiger partial charge on any atom is -0.496 e. The van der Waals surface area contributed by atoms with Crippen LogP contribution in [0.4, 0.5) is 0 Å². The zero-order valence-electron chi connectivity index (χ0n) is 19.3. The van der Waals surface area contributed by atoms with Gasteiger partial charge in [-0.1, -0.05) is 63.3 Å². The Balaban J connectivity index is 1.76. The van der Waals surface area contributed by atoms with Crippen molar-refractivity contribution in [2.24, 2.45) is 10.4 Å². The van der Waals surface area contributed by atoms with Crippen LogP contribution in [0.2, 0.25) is 0 Å². The van der Waals surface area contributed by atoms with Gasteiger partial charge >= 0.3 is 0 Å². The van der Waals surface area contributed by atoms with Crippen molar-refractivity contribution in [3.63, 3.8) is 0 Å². The van der Waals surface area contributed by atoms with Crippen LogP contribution < -0.4 is 15.3 Å². The second-order valence-corrected chi connectivity index (χ2v) is 10.1. The van der Waals surface area contributed by atoms with Crippen LogP contribution in [0, 0.1) is 5.41 Å². The summed E-state index contributed by atoms with van der Waals surface area (Å²) >= 11 is 0. The van der Waals surface area contributed by atoms with E-state index in [2.05, 4.69) is 69.3 Å². The molecule has 31 heavy (non-hydrogen) atoms. The maximum absolute atomic E-state index is 12.2. The summed E-state index contributed by atoms with van der Waals surface area (Å²) in [5, 5.41) is 14.4. The number of para-hydroxylation sites is 1. The molecular formula is C28H35NO2. The first-order valence-electron chi connectivity index (χ1n) is 11.5. The first-order chi connectivity index (χ1) is 14.8. The highest BCUT2D eigenvalue weighted by Crippen LogP contribution is 2.48.